The zero-order chi connectivity index (χ0) is 21.6. The van der Waals surface area contributed by atoms with Gasteiger partial charge in [0.25, 0.3) is 0 Å². The number of amides is 1. The van der Waals surface area contributed by atoms with Crippen LogP contribution in [-0.2, 0) is 14.9 Å². The molecule has 0 aromatic heterocycles. The lowest BCUT2D eigenvalue weighted by atomic mass is 9.84. The van der Waals surface area contributed by atoms with Gasteiger partial charge in [0.15, 0.2) is 5.96 Å². The molecule has 0 atom stereocenters. The molecule has 2 heterocycles. The van der Waals surface area contributed by atoms with Crippen LogP contribution in [0.2, 0.25) is 0 Å². The van der Waals surface area contributed by atoms with Gasteiger partial charge in [-0.25, -0.2) is 0 Å². The molecule has 2 aliphatic heterocycles. The van der Waals surface area contributed by atoms with Gasteiger partial charge in [-0.2, -0.15) is 0 Å². The lowest BCUT2D eigenvalue weighted by Crippen LogP contribution is -2.51. The van der Waals surface area contributed by atoms with Crippen LogP contribution in [0.15, 0.2) is 29.3 Å². The Morgan fingerprint density at radius 3 is 2.48 bits per heavy atom. The maximum Gasteiger partial charge on any atom is 0.225 e. The van der Waals surface area contributed by atoms with Crippen LogP contribution in [0.4, 0.5) is 0 Å². The van der Waals surface area contributed by atoms with Crippen molar-refractivity contribution in [3.05, 3.63) is 29.8 Å². The Hall–Kier alpha value is -1.55. The van der Waals surface area contributed by atoms with Crippen molar-refractivity contribution >= 4 is 35.8 Å². The van der Waals surface area contributed by atoms with E-state index in [4.69, 9.17) is 9.47 Å². The maximum absolute atomic E-state index is 12.8. The molecule has 2 fully saturated rings. The molecule has 2 saturated heterocycles. The van der Waals surface area contributed by atoms with E-state index < -0.39 is 0 Å². The average molecular weight is 544 g/mol. The molecule has 0 spiro atoms. The Kier molecular flexibility index (Phi) is 9.87. The van der Waals surface area contributed by atoms with Crippen LogP contribution in [0, 0.1) is 5.92 Å². The summed E-state index contributed by atoms with van der Waals surface area (Å²) in [6.45, 7) is 9.65. The van der Waals surface area contributed by atoms with Crippen molar-refractivity contribution in [3.8, 4) is 5.75 Å². The van der Waals surface area contributed by atoms with Crippen LogP contribution < -0.4 is 10.1 Å². The number of nitrogens with one attached hydrogen (secondary N) is 1. The highest BCUT2D eigenvalue weighted by Gasteiger charge is 2.31. The van der Waals surface area contributed by atoms with Gasteiger partial charge in [-0.3, -0.25) is 9.79 Å². The molecule has 1 amide bonds. The van der Waals surface area contributed by atoms with Gasteiger partial charge < -0.3 is 24.6 Å². The molecule has 0 aliphatic carbocycles. The van der Waals surface area contributed by atoms with Crippen LogP contribution in [0.25, 0.3) is 0 Å². The van der Waals surface area contributed by atoms with Gasteiger partial charge in [0.2, 0.25) is 5.91 Å². The van der Waals surface area contributed by atoms with E-state index >= 15 is 0 Å². The minimum Gasteiger partial charge on any atom is -0.497 e. The molecule has 0 saturated carbocycles. The number of nitrogens with zero attached hydrogens (tertiary/aromatic N) is 3. The minimum absolute atomic E-state index is 0. The van der Waals surface area contributed by atoms with Crippen LogP contribution in [0.3, 0.4) is 0 Å². The first-order valence-corrected chi connectivity index (χ1v) is 10.9. The number of benzene rings is 1. The number of hydrogen-bond donors (Lipinski definition) is 1. The molecule has 2 aliphatic rings. The van der Waals surface area contributed by atoms with Gasteiger partial charge in [-0.15, -0.1) is 24.0 Å². The Morgan fingerprint density at radius 1 is 1.19 bits per heavy atom. The van der Waals surface area contributed by atoms with E-state index in [1.807, 2.05) is 24.1 Å². The summed E-state index contributed by atoms with van der Waals surface area (Å²) in [6.07, 6.45) is 1.74. The second-order valence-corrected chi connectivity index (χ2v) is 8.72. The Morgan fingerprint density at radius 2 is 1.87 bits per heavy atom. The number of ether oxygens (including phenoxy) is 2. The first kappa shape index (κ1) is 25.7. The number of morpholine rings is 1. The number of methoxy groups -OCH3 is 1. The lowest BCUT2D eigenvalue weighted by Gasteiger charge is -2.37. The number of carbonyl (C=O) groups excluding carboxylic acids is 1. The molecule has 8 heteroatoms. The highest BCUT2D eigenvalue weighted by Crippen LogP contribution is 2.26. The molecule has 3 rings (SSSR count). The molecular formula is C23H37IN4O3. The van der Waals surface area contributed by atoms with Crippen LogP contribution >= 0.6 is 24.0 Å². The Labute approximate surface area is 203 Å². The van der Waals surface area contributed by atoms with Crippen LogP contribution in [0.1, 0.15) is 32.3 Å². The van der Waals surface area contributed by atoms with E-state index in [1.54, 1.807) is 7.11 Å². The van der Waals surface area contributed by atoms with Gasteiger partial charge in [0, 0.05) is 51.1 Å². The van der Waals surface area contributed by atoms with Crippen molar-refractivity contribution in [2.75, 3.05) is 60.1 Å². The van der Waals surface area contributed by atoms with E-state index in [0.29, 0.717) is 19.1 Å². The summed E-state index contributed by atoms with van der Waals surface area (Å²) < 4.78 is 10.7. The summed E-state index contributed by atoms with van der Waals surface area (Å²) in [6, 6.07) is 8.22. The quantitative estimate of drug-likeness (QED) is 0.351. The largest absolute Gasteiger partial charge is 0.497 e. The van der Waals surface area contributed by atoms with E-state index in [1.165, 1.54) is 5.56 Å². The van der Waals surface area contributed by atoms with Gasteiger partial charge in [0.05, 0.1) is 20.3 Å². The highest BCUT2D eigenvalue weighted by atomic mass is 127. The third kappa shape index (κ3) is 6.71. The zero-order valence-electron chi connectivity index (χ0n) is 19.2. The summed E-state index contributed by atoms with van der Waals surface area (Å²) in [5.74, 6) is 2.19. The third-order valence-electron chi connectivity index (χ3n) is 6.22. The summed E-state index contributed by atoms with van der Waals surface area (Å²) in [5, 5.41) is 3.55. The summed E-state index contributed by atoms with van der Waals surface area (Å²) in [7, 11) is 3.52. The topological polar surface area (TPSA) is 66.4 Å². The summed E-state index contributed by atoms with van der Waals surface area (Å²) >= 11 is 0. The standard InChI is InChI=1S/C23H36N4O3.HI/c1-23(2,19-6-5-7-20(16-19)29-4)17-25-22(24-3)27-10-8-18(9-11-27)21(28)26-12-14-30-15-13-26;/h5-7,16,18H,8-15,17H2,1-4H3,(H,24,25);1H. The first-order valence-electron chi connectivity index (χ1n) is 10.9. The van der Waals surface area contributed by atoms with Gasteiger partial charge >= 0.3 is 0 Å². The molecule has 31 heavy (non-hydrogen) atoms. The van der Waals surface area contributed by atoms with Crippen molar-refractivity contribution in [2.24, 2.45) is 10.9 Å². The highest BCUT2D eigenvalue weighted by molar-refractivity contribution is 14.0. The lowest BCUT2D eigenvalue weighted by molar-refractivity contribution is -0.140. The number of hydrogen-bond acceptors (Lipinski definition) is 4. The van der Waals surface area contributed by atoms with Crippen molar-refractivity contribution in [2.45, 2.75) is 32.1 Å². The van der Waals surface area contributed by atoms with Crippen LogP contribution in [0.5, 0.6) is 5.75 Å². The second kappa shape index (κ2) is 11.9. The Balaban J connectivity index is 0.00000341. The fourth-order valence-electron chi connectivity index (χ4n) is 4.16. The number of likely N-dealkylation sites (tertiary alicyclic amines) is 1. The number of halogens is 1. The minimum atomic E-state index is -0.0743. The molecule has 1 N–H and O–H groups in total. The molecule has 174 valence electrons. The Bertz CT molecular complexity index is 742. The van der Waals surface area contributed by atoms with E-state index in [2.05, 4.69) is 41.2 Å². The van der Waals surface area contributed by atoms with Crippen molar-refractivity contribution in [3.63, 3.8) is 0 Å². The molecule has 0 unspecified atom stereocenters. The molecule has 0 bridgehead atoms. The van der Waals surface area contributed by atoms with Gasteiger partial charge in [0.1, 0.15) is 5.75 Å². The second-order valence-electron chi connectivity index (χ2n) is 8.72. The van der Waals surface area contributed by atoms with Crippen LogP contribution in [-0.4, -0.2) is 81.8 Å². The average Bonchev–Trinajstić information content (AvgIpc) is 2.80. The SMILES string of the molecule is CN=C(NCC(C)(C)c1cccc(OC)c1)N1CCC(C(=O)N2CCOCC2)CC1.I. The molecule has 0 radical (unpaired) electrons. The molecule has 7 nitrogen and oxygen atoms in total. The van der Waals surface area contributed by atoms with E-state index in [-0.39, 0.29) is 35.3 Å². The number of carbonyl (C=O) groups is 1. The van der Waals surface area contributed by atoms with Crippen molar-refractivity contribution in [1.82, 2.24) is 15.1 Å². The van der Waals surface area contributed by atoms with Gasteiger partial charge in [-0.1, -0.05) is 26.0 Å². The fourth-order valence-corrected chi connectivity index (χ4v) is 4.16. The molecule has 1 aromatic rings. The molecule has 1 aromatic carbocycles. The van der Waals surface area contributed by atoms with Crippen molar-refractivity contribution in [1.29, 1.82) is 0 Å². The third-order valence-corrected chi connectivity index (χ3v) is 6.22. The smallest absolute Gasteiger partial charge is 0.225 e. The number of rotatable bonds is 5. The number of piperidine rings is 1. The summed E-state index contributed by atoms with van der Waals surface area (Å²) in [4.78, 5) is 21.5. The number of aliphatic imine (C=N–C) groups is 1. The fraction of sp³-hybridized carbons (Fsp3) is 0.652. The maximum atomic E-state index is 12.8. The zero-order valence-corrected chi connectivity index (χ0v) is 21.6. The first-order chi connectivity index (χ1) is 14.4. The van der Waals surface area contributed by atoms with E-state index in [0.717, 1.165) is 57.3 Å². The normalized spacial score (nSPS) is 18.4. The number of guanidine groups is 1. The monoisotopic (exact) mass is 544 g/mol. The van der Waals surface area contributed by atoms with Crippen molar-refractivity contribution < 1.29 is 14.3 Å². The van der Waals surface area contributed by atoms with Gasteiger partial charge in [-0.05, 0) is 30.5 Å². The van der Waals surface area contributed by atoms with E-state index in [9.17, 15) is 4.79 Å². The molecular weight excluding hydrogens is 507 g/mol. The predicted molar refractivity (Wildman–Crippen MR) is 134 cm³/mol. The predicted octanol–water partition coefficient (Wildman–Crippen LogP) is 2.74. The summed E-state index contributed by atoms with van der Waals surface area (Å²) in [5.41, 5.74) is 1.15.